The van der Waals surface area contributed by atoms with Crippen LogP contribution < -0.4 is 5.30 Å². The van der Waals surface area contributed by atoms with Crippen molar-refractivity contribution in [3.8, 4) is 0 Å². The van der Waals surface area contributed by atoms with Crippen molar-refractivity contribution in [3.05, 3.63) is 54.1 Å². The molecular formula is C25H37FeOP-6. The summed E-state index contributed by atoms with van der Waals surface area (Å²) in [7, 11) is 1.86. The molecule has 3 heteroatoms. The third-order valence-corrected chi connectivity index (χ3v) is 9.96. The molecule has 1 unspecified atom stereocenters. The molecule has 0 bridgehead atoms. The van der Waals surface area contributed by atoms with E-state index in [1.54, 1.807) is 5.30 Å². The van der Waals surface area contributed by atoms with Crippen molar-refractivity contribution in [1.82, 2.24) is 0 Å². The van der Waals surface area contributed by atoms with Crippen molar-refractivity contribution in [1.29, 1.82) is 0 Å². The van der Waals surface area contributed by atoms with Crippen molar-refractivity contribution in [2.24, 2.45) is 0 Å². The maximum atomic E-state index is 5.67. The Balaban J connectivity index is 0.000000408. The van der Waals surface area contributed by atoms with Gasteiger partial charge in [0.1, 0.15) is 0 Å². The van der Waals surface area contributed by atoms with E-state index in [1.807, 2.05) is 37.4 Å². The van der Waals surface area contributed by atoms with Crippen LogP contribution in [0.5, 0.6) is 0 Å². The summed E-state index contributed by atoms with van der Waals surface area (Å²) in [5, 5.41) is 1.70. The van der Waals surface area contributed by atoms with Gasteiger partial charge in [-0.15, -0.1) is 10.9 Å². The molecule has 2 fully saturated rings. The van der Waals surface area contributed by atoms with Crippen LogP contribution >= 0.6 is 7.92 Å². The molecule has 28 heavy (non-hydrogen) atoms. The quantitative estimate of drug-likeness (QED) is 0.270. The topological polar surface area (TPSA) is 9.23 Å². The maximum absolute atomic E-state index is 5.67. The van der Waals surface area contributed by atoms with Gasteiger partial charge in [-0.25, -0.2) is 12.1 Å². The van der Waals surface area contributed by atoms with Crippen molar-refractivity contribution >= 4 is 13.2 Å². The van der Waals surface area contributed by atoms with Crippen LogP contribution in [0.1, 0.15) is 82.8 Å². The van der Waals surface area contributed by atoms with Gasteiger partial charge in [0.2, 0.25) is 0 Å². The third-order valence-electron chi connectivity index (χ3n) is 6.39. The first kappa shape index (κ1) is 23.9. The number of methoxy groups -OCH3 is 1. The maximum Gasteiger partial charge on any atom is 0.0359 e. The van der Waals surface area contributed by atoms with Crippen LogP contribution in [-0.4, -0.2) is 18.4 Å². The van der Waals surface area contributed by atoms with Gasteiger partial charge in [-0.3, -0.25) is 0 Å². The van der Waals surface area contributed by atoms with Gasteiger partial charge >= 0.3 is 0 Å². The molecule has 0 aromatic heterocycles. The summed E-state index contributed by atoms with van der Waals surface area (Å²) in [5.41, 5.74) is 3.46. The molecular weight excluding hydrogens is 403 g/mol. The fourth-order valence-corrected chi connectivity index (χ4v) is 8.90. The van der Waals surface area contributed by atoms with Crippen LogP contribution in [0.2, 0.25) is 0 Å². The fourth-order valence-electron chi connectivity index (χ4n) is 4.86. The van der Waals surface area contributed by atoms with E-state index < -0.39 is 0 Å². The summed E-state index contributed by atoms with van der Waals surface area (Å²) in [4.78, 5) is 0. The molecule has 2 aromatic carbocycles. The summed E-state index contributed by atoms with van der Waals surface area (Å²) < 4.78 is 5.67. The number of hydrogen-bond donors (Lipinski definition) is 0. The Morgan fingerprint density at radius 1 is 0.893 bits per heavy atom. The minimum Gasteiger partial charge on any atom is -0.748 e. The van der Waals surface area contributed by atoms with Crippen LogP contribution in [0.4, 0.5) is 0 Å². The Bertz CT molecular complexity index is 573. The normalized spacial score (nSPS) is 19.5. The molecule has 0 aliphatic heterocycles. The predicted octanol–water partition coefficient (Wildman–Crippen LogP) is 7.29. The molecule has 1 atom stereocenters. The Labute approximate surface area is 184 Å². The van der Waals surface area contributed by atoms with Gasteiger partial charge in [0.15, 0.2) is 0 Å². The first-order valence-electron chi connectivity index (χ1n) is 11.0. The van der Waals surface area contributed by atoms with Gasteiger partial charge < -0.3 is 35.1 Å². The summed E-state index contributed by atoms with van der Waals surface area (Å²) in [6, 6.07) is 17.0. The van der Waals surface area contributed by atoms with Crippen molar-refractivity contribution in [2.45, 2.75) is 88.6 Å². The van der Waals surface area contributed by atoms with E-state index in [2.05, 4.69) is 25.1 Å². The molecule has 0 spiro atoms. The van der Waals surface area contributed by atoms with E-state index in [4.69, 9.17) is 4.74 Å². The zero-order valence-corrected chi connectivity index (χ0v) is 19.6. The van der Waals surface area contributed by atoms with Gasteiger partial charge in [0.25, 0.3) is 0 Å². The van der Waals surface area contributed by atoms with E-state index in [0.717, 1.165) is 11.3 Å². The van der Waals surface area contributed by atoms with E-state index in [9.17, 15) is 0 Å². The van der Waals surface area contributed by atoms with Crippen LogP contribution in [-0.2, 0) is 21.8 Å². The number of rotatable bonds is 5. The van der Waals surface area contributed by atoms with E-state index >= 15 is 0 Å². The number of ether oxygens (including phenoxy) is 1. The minimum absolute atomic E-state index is 0. The molecule has 0 radical (unpaired) electrons. The molecule has 2 aromatic rings. The van der Waals surface area contributed by atoms with Crippen molar-refractivity contribution in [3.63, 3.8) is 0 Å². The monoisotopic (exact) mass is 440 g/mol. The van der Waals surface area contributed by atoms with E-state index in [-0.39, 0.29) is 31.1 Å². The van der Waals surface area contributed by atoms with E-state index in [0.29, 0.717) is 0 Å². The molecule has 4 rings (SSSR count). The predicted molar refractivity (Wildman–Crippen MR) is 120 cm³/mol. The first-order valence-corrected chi connectivity index (χ1v) is 12.5. The average Bonchev–Trinajstić information content (AvgIpc) is 3.45. The summed E-state index contributed by atoms with van der Waals surface area (Å²) in [6.45, 7) is 2.22. The Morgan fingerprint density at radius 3 is 1.79 bits per heavy atom. The standard InChI is InChI=1S/C20H32OP.C5H5.Fe/c1-16(21-2)19-14-9-15-20(19)22(17-10-5-3-6-11-17)18-12-7-4-8-13-18;1-2-4-5-3-1;/h9,14-18H,3-8,10-13H2,1-2H3;1-5H;/q-1;-5;. The summed E-state index contributed by atoms with van der Waals surface area (Å²) in [6.07, 6.45) is 15.0. The van der Waals surface area contributed by atoms with Gasteiger partial charge in [0.05, 0.1) is 0 Å². The zero-order chi connectivity index (χ0) is 18.9. The molecule has 2 aliphatic rings. The van der Waals surface area contributed by atoms with Crippen LogP contribution in [0, 0.1) is 0 Å². The van der Waals surface area contributed by atoms with Gasteiger partial charge in [-0.2, -0.15) is 6.07 Å². The molecule has 0 saturated heterocycles. The van der Waals surface area contributed by atoms with Crippen molar-refractivity contribution < 1.29 is 21.8 Å². The second-order valence-corrected chi connectivity index (χ2v) is 11.0. The van der Waals surface area contributed by atoms with Gasteiger partial charge in [0, 0.05) is 30.3 Å². The van der Waals surface area contributed by atoms with Crippen LogP contribution in [0.25, 0.3) is 0 Å². The molecule has 2 aliphatic carbocycles. The summed E-state index contributed by atoms with van der Waals surface area (Å²) >= 11 is 0. The summed E-state index contributed by atoms with van der Waals surface area (Å²) in [5.74, 6) is 0. The average molecular weight is 440 g/mol. The first-order chi connectivity index (χ1) is 13.3. The molecule has 1 nitrogen and oxygen atoms in total. The van der Waals surface area contributed by atoms with Gasteiger partial charge in [-0.1, -0.05) is 46.4 Å². The van der Waals surface area contributed by atoms with Crippen LogP contribution in [0.15, 0.2) is 48.5 Å². The van der Waals surface area contributed by atoms with Crippen LogP contribution in [0.3, 0.4) is 0 Å². The third kappa shape index (κ3) is 6.56. The Kier molecular flexibility index (Phi) is 11.1. The van der Waals surface area contributed by atoms with Crippen molar-refractivity contribution in [2.75, 3.05) is 7.11 Å². The fraction of sp³-hybridized carbons (Fsp3) is 0.600. The van der Waals surface area contributed by atoms with Gasteiger partial charge in [-0.05, 0) is 43.9 Å². The molecule has 0 N–H and O–H groups in total. The molecule has 162 valence electrons. The number of hydrogen-bond acceptors (Lipinski definition) is 1. The Hall–Kier alpha value is -0.391. The second-order valence-electron chi connectivity index (χ2n) is 8.20. The molecule has 2 saturated carbocycles. The molecule has 0 heterocycles. The van der Waals surface area contributed by atoms with E-state index in [1.165, 1.54) is 69.8 Å². The zero-order valence-electron chi connectivity index (χ0n) is 17.6. The molecule has 0 amide bonds. The second kappa shape index (κ2) is 13.0. The Morgan fingerprint density at radius 2 is 1.36 bits per heavy atom. The smallest absolute Gasteiger partial charge is 0.0359 e. The minimum atomic E-state index is 0. The largest absolute Gasteiger partial charge is 0.748 e. The SMILES string of the molecule is COC(C)[c-]1cccc1P(C1CCCCC1)C1CCCCC1.[Fe].[cH-]1[cH-][cH-][cH-][cH-]1.